The zero-order valence-electron chi connectivity index (χ0n) is 28.5. The van der Waals surface area contributed by atoms with Crippen LogP contribution in [-0.2, 0) is 5.41 Å². The highest BCUT2D eigenvalue weighted by Gasteiger charge is 2.30. The third-order valence-corrected chi connectivity index (χ3v) is 9.68. The predicted octanol–water partition coefficient (Wildman–Crippen LogP) is 11.9. The van der Waals surface area contributed by atoms with Gasteiger partial charge in [-0.15, -0.1) is 0 Å². The minimum atomic E-state index is -0.0976. The van der Waals surface area contributed by atoms with Gasteiger partial charge in [0.15, 0.2) is 17.5 Å². The monoisotopic (exact) mass is 627 g/mol. The van der Waals surface area contributed by atoms with Crippen molar-refractivity contribution in [2.24, 2.45) is 0 Å². The topological polar surface area (TPSA) is 38.7 Å². The normalized spacial score (nSPS) is 15.0. The fourth-order valence-electron chi connectivity index (χ4n) is 6.89. The standard InChI is InChI=1S/C45H45N3/c1-5-15-37(16-6-2)42-46-43(38-19-13-10-14-20-38)48-44(47-42)39-27-31-41(32-28-39)45(7-3,8-4)40-29-25-36(26-30-40)35-23-21-34(22-24-35)33-17-11-9-12-18-33/h5-6,11,13,15-32H,1,7-10,12,14H2,2-4H3/b16-6-,37-15+. The van der Waals surface area contributed by atoms with Gasteiger partial charge in [-0.05, 0) is 78.8 Å². The molecule has 0 aliphatic heterocycles. The molecule has 0 saturated carbocycles. The predicted molar refractivity (Wildman–Crippen MR) is 204 cm³/mol. The summed E-state index contributed by atoms with van der Waals surface area (Å²) in [7, 11) is 0. The fraction of sp³-hybridized carbons (Fsp3) is 0.222. The minimum Gasteiger partial charge on any atom is -0.208 e. The molecule has 2 aliphatic carbocycles. The van der Waals surface area contributed by atoms with E-state index in [-0.39, 0.29) is 5.41 Å². The summed E-state index contributed by atoms with van der Waals surface area (Å²) in [5, 5.41) is 0. The Hall–Kier alpha value is -5.15. The molecule has 0 fully saturated rings. The highest BCUT2D eigenvalue weighted by molar-refractivity contribution is 5.77. The van der Waals surface area contributed by atoms with Gasteiger partial charge in [0, 0.05) is 22.1 Å². The maximum Gasteiger partial charge on any atom is 0.164 e. The van der Waals surface area contributed by atoms with Crippen molar-refractivity contribution < 1.29 is 0 Å². The van der Waals surface area contributed by atoms with E-state index >= 15 is 0 Å². The highest BCUT2D eigenvalue weighted by atomic mass is 15.0. The fourth-order valence-corrected chi connectivity index (χ4v) is 6.89. The van der Waals surface area contributed by atoms with Gasteiger partial charge >= 0.3 is 0 Å². The van der Waals surface area contributed by atoms with Gasteiger partial charge in [0.1, 0.15) is 0 Å². The van der Waals surface area contributed by atoms with Gasteiger partial charge in [-0.25, -0.2) is 15.0 Å². The van der Waals surface area contributed by atoms with Crippen molar-refractivity contribution >= 4 is 16.7 Å². The molecule has 0 bridgehead atoms. The first-order chi connectivity index (χ1) is 23.6. The van der Waals surface area contributed by atoms with Gasteiger partial charge in [0.25, 0.3) is 0 Å². The first-order valence-corrected chi connectivity index (χ1v) is 17.4. The molecule has 240 valence electrons. The van der Waals surface area contributed by atoms with Gasteiger partial charge in [-0.1, -0.05) is 154 Å². The third kappa shape index (κ3) is 6.92. The zero-order chi connectivity index (χ0) is 33.3. The molecular weight excluding hydrogens is 583 g/mol. The number of allylic oxidation sites excluding steroid dienone is 13. The van der Waals surface area contributed by atoms with E-state index in [0.29, 0.717) is 17.5 Å². The SMILES string of the molecule is C=C/C=C(\C=C/C)c1nc(C2=CCCC=C2)nc(-c2ccc(C(CC)(CC)c3ccc(-c4ccc(C5=CCCC=C5)cc4)cc3)cc2)n1. The van der Waals surface area contributed by atoms with Crippen LogP contribution >= 0.6 is 0 Å². The van der Waals surface area contributed by atoms with Crippen LogP contribution < -0.4 is 0 Å². The Balaban J connectivity index is 1.31. The molecule has 6 rings (SSSR count). The van der Waals surface area contributed by atoms with Crippen molar-refractivity contribution in [3.8, 4) is 22.5 Å². The third-order valence-electron chi connectivity index (χ3n) is 9.68. The molecule has 0 unspecified atom stereocenters. The van der Waals surface area contributed by atoms with E-state index in [1.54, 1.807) is 6.08 Å². The van der Waals surface area contributed by atoms with Crippen molar-refractivity contribution in [3.63, 3.8) is 0 Å². The van der Waals surface area contributed by atoms with E-state index in [2.05, 4.69) is 130 Å². The second kappa shape index (κ2) is 15.2. The molecule has 3 heteroatoms. The molecule has 3 nitrogen and oxygen atoms in total. The van der Waals surface area contributed by atoms with E-state index < -0.39 is 0 Å². The summed E-state index contributed by atoms with van der Waals surface area (Å²) in [6, 6.07) is 27.0. The highest BCUT2D eigenvalue weighted by Crippen LogP contribution is 2.40. The summed E-state index contributed by atoms with van der Waals surface area (Å²) in [5.74, 6) is 2.01. The number of benzene rings is 3. The van der Waals surface area contributed by atoms with Crippen molar-refractivity contribution in [1.82, 2.24) is 15.0 Å². The maximum absolute atomic E-state index is 4.97. The summed E-state index contributed by atoms with van der Waals surface area (Å²) in [4.78, 5) is 14.8. The lowest BCUT2D eigenvalue weighted by molar-refractivity contribution is 0.478. The number of hydrogen-bond donors (Lipinski definition) is 0. The number of nitrogens with zero attached hydrogens (tertiary/aromatic N) is 3. The summed E-state index contributed by atoms with van der Waals surface area (Å²) in [6.07, 6.45) is 27.4. The van der Waals surface area contributed by atoms with Gasteiger partial charge in [0.2, 0.25) is 0 Å². The molecule has 1 heterocycles. The zero-order valence-corrected chi connectivity index (χ0v) is 28.5. The van der Waals surface area contributed by atoms with Crippen LogP contribution in [0.4, 0.5) is 0 Å². The molecule has 0 amide bonds. The van der Waals surface area contributed by atoms with Crippen LogP contribution in [-0.4, -0.2) is 15.0 Å². The molecule has 1 aromatic heterocycles. The summed E-state index contributed by atoms with van der Waals surface area (Å²) < 4.78 is 0. The smallest absolute Gasteiger partial charge is 0.164 e. The summed E-state index contributed by atoms with van der Waals surface area (Å²) >= 11 is 0. The van der Waals surface area contributed by atoms with Crippen molar-refractivity contribution in [2.75, 3.05) is 0 Å². The van der Waals surface area contributed by atoms with Gasteiger partial charge < -0.3 is 0 Å². The molecule has 0 radical (unpaired) electrons. The average molecular weight is 628 g/mol. The number of hydrogen-bond acceptors (Lipinski definition) is 3. The minimum absolute atomic E-state index is 0.0976. The Morgan fingerprint density at radius 2 is 1.17 bits per heavy atom. The van der Waals surface area contributed by atoms with E-state index in [4.69, 9.17) is 15.0 Å². The van der Waals surface area contributed by atoms with Gasteiger partial charge in [0.05, 0.1) is 0 Å². The molecule has 2 aliphatic rings. The Kier molecular flexibility index (Phi) is 10.4. The molecule has 3 aromatic carbocycles. The lowest BCUT2D eigenvalue weighted by Crippen LogP contribution is -2.26. The Morgan fingerprint density at radius 1 is 0.646 bits per heavy atom. The van der Waals surface area contributed by atoms with Crippen LogP contribution in [0.2, 0.25) is 0 Å². The Morgan fingerprint density at radius 3 is 1.69 bits per heavy atom. The molecule has 4 aromatic rings. The first kappa shape index (κ1) is 32.8. The van der Waals surface area contributed by atoms with E-state index in [0.717, 1.165) is 55.2 Å². The Labute approximate surface area is 286 Å². The number of aromatic nitrogens is 3. The average Bonchev–Trinajstić information content (AvgIpc) is 3.16. The first-order valence-electron chi connectivity index (χ1n) is 17.4. The quantitative estimate of drug-likeness (QED) is 0.155. The summed E-state index contributed by atoms with van der Waals surface area (Å²) in [6.45, 7) is 10.5. The van der Waals surface area contributed by atoms with E-state index in [1.807, 2.05) is 25.2 Å². The molecule has 0 atom stereocenters. The van der Waals surface area contributed by atoms with Crippen molar-refractivity contribution in [2.45, 2.75) is 64.7 Å². The summed E-state index contributed by atoms with van der Waals surface area (Å²) in [5.41, 5.74) is 10.5. The van der Waals surface area contributed by atoms with Gasteiger partial charge in [-0.3, -0.25) is 0 Å². The van der Waals surface area contributed by atoms with E-state index in [9.17, 15) is 0 Å². The molecule has 0 saturated heterocycles. The van der Waals surface area contributed by atoms with E-state index in [1.165, 1.54) is 33.4 Å². The van der Waals surface area contributed by atoms with Crippen LogP contribution in [0.5, 0.6) is 0 Å². The largest absolute Gasteiger partial charge is 0.208 e. The second-order valence-electron chi connectivity index (χ2n) is 12.5. The molecule has 48 heavy (non-hydrogen) atoms. The van der Waals surface area contributed by atoms with Crippen LogP contribution in [0.15, 0.2) is 140 Å². The van der Waals surface area contributed by atoms with Crippen molar-refractivity contribution in [1.29, 1.82) is 0 Å². The van der Waals surface area contributed by atoms with Crippen molar-refractivity contribution in [3.05, 3.63) is 168 Å². The molecule has 0 N–H and O–H groups in total. The molecule has 0 spiro atoms. The molecular formula is C45H45N3. The van der Waals surface area contributed by atoms with Crippen LogP contribution in [0.25, 0.3) is 39.2 Å². The van der Waals surface area contributed by atoms with Crippen LogP contribution in [0, 0.1) is 0 Å². The lowest BCUT2D eigenvalue weighted by Gasteiger charge is -2.33. The maximum atomic E-state index is 4.97. The lowest BCUT2D eigenvalue weighted by atomic mass is 9.70. The second-order valence-corrected chi connectivity index (χ2v) is 12.5. The van der Waals surface area contributed by atoms with Gasteiger partial charge in [-0.2, -0.15) is 0 Å². The van der Waals surface area contributed by atoms with Crippen LogP contribution in [0.3, 0.4) is 0 Å². The number of rotatable bonds is 11. The van der Waals surface area contributed by atoms with Crippen LogP contribution in [0.1, 0.15) is 87.6 Å². The Bertz CT molecular complexity index is 1930.